The molecule has 68 valence electrons. The van der Waals surface area contributed by atoms with E-state index in [2.05, 4.69) is 10.1 Å². The van der Waals surface area contributed by atoms with E-state index in [-0.39, 0.29) is 12.5 Å². The smallest absolute Gasteiger partial charge is 0.164 e. The van der Waals surface area contributed by atoms with E-state index in [4.69, 9.17) is 10.8 Å². The molecule has 5 nitrogen and oxygen atoms in total. The predicted octanol–water partition coefficient (Wildman–Crippen LogP) is -0.635. The highest BCUT2D eigenvalue weighted by molar-refractivity contribution is 4.79. The van der Waals surface area contributed by atoms with Gasteiger partial charge in [-0.1, -0.05) is 6.92 Å². The van der Waals surface area contributed by atoms with E-state index in [9.17, 15) is 0 Å². The van der Waals surface area contributed by atoms with Crippen LogP contribution in [0.15, 0.2) is 6.33 Å². The van der Waals surface area contributed by atoms with Crippen molar-refractivity contribution >= 4 is 0 Å². The quantitative estimate of drug-likeness (QED) is 0.630. The number of aliphatic hydroxyl groups is 1. The van der Waals surface area contributed by atoms with Gasteiger partial charge in [-0.2, -0.15) is 5.10 Å². The van der Waals surface area contributed by atoms with Gasteiger partial charge in [-0.25, -0.2) is 4.98 Å². The zero-order chi connectivity index (χ0) is 8.97. The second kappa shape index (κ2) is 4.18. The van der Waals surface area contributed by atoms with Crippen LogP contribution in [0.4, 0.5) is 0 Å². The van der Waals surface area contributed by atoms with E-state index >= 15 is 0 Å². The zero-order valence-electron chi connectivity index (χ0n) is 7.14. The first-order valence-corrected chi connectivity index (χ1v) is 3.95. The highest BCUT2D eigenvalue weighted by Crippen LogP contribution is 1.97. The van der Waals surface area contributed by atoms with Crippen LogP contribution in [0, 0.1) is 5.92 Å². The van der Waals surface area contributed by atoms with Crippen LogP contribution >= 0.6 is 0 Å². The molecule has 1 heterocycles. The Hall–Kier alpha value is -0.940. The van der Waals surface area contributed by atoms with Crippen molar-refractivity contribution in [2.45, 2.75) is 20.0 Å². The highest BCUT2D eigenvalue weighted by Gasteiger charge is 2.03. The molecule has 0 amide bonds. The molecule has 0 radical (unpaired) electrons. The molecule has 0 saturated heterocycles. The van der Waals surface area contributed by atoms with Crippen LogP contribution in [0.5, 0.6) is 0 Å². The topological polar surface area (TPSA) is 77.0 Å². The normalized spacial score (nSPS) is 13.2. The molecule has 5 heteroatoms. The molecular formula is C7H14N4O. The first-order chi connectivity index (χ1) is 5.76. The largest absolute Gasteiger partial charge is 0.396 e. The Bertz CT molecular complexity index is 235. The van der Waals surface area contributed by atoms with Gasteiger partial charge in [0.05, 0.1) is 6.54 Å². The maximum atomic E-state index is 8.77. The Kier molecular flexibility index (Phi) is 3.19. The predicted molar refractivity (Wildman–Crippen MR) is 44.2 cm³/mol. The van der Waals surface area contributed by atoms with Crippen molar-refractivity contribution in [1.82, 2.24) is 14.8 Å². The third-order valence-electron chi connectivity index (χ3n) is 1.58. The molecule has 1 aromatic heterocycles. The van der Waals surface area contributed by atoms with Gasteiger partial charge in [0.2, 0.25) is 0 Å². The maximum Gasteiger partial charge on any atom is 0.164 e. The molecule has 0 saturated carbocycles. The zero-order valence-corrected chi connectivity index (χ0v) is 7.14. The fourth-order valence-electron chi connectivity index (χ4n) is 0.892. The molecule has 0 aliphatic heterocycles. The number of hydrogen-bond donors (Lipinski definition) is 2. The van der Waals surface area contributed by atoms with Crippen LogP contribution < -0.4 is 5.73 Å². The lowest BCUT2D eigenvalue weighted by molar-refractivity contribution is 0.219. The number of aliphatic hydroxyl groups excluding tert-OH is 1. The average molecular weight is 170 g/mol. The summed E-state index contributed by atoms with van der Waals surface area (Å²) in [6.45, 7) is 3.16. The van der Waals surface area contributed by atoms with Crippen LogP contribution in [0.25, 0.3) is 0 Å². The van der Waals surface area contributed by atoms with Gasteiger partial charge in [0, 0.05) is 13.2 Å². The van der Waals surface area contributed by atoms with Gasteiger partial charge in [0.15, 0.2) is 5.82 Å². The Morgan fingerprint density at radius 2 is 2.50 bits per heavy atom. The van der Waals surface area contributed by atoms with Gasteiger partial charge in [-0.3, -0.25) is 4.68 Å². The summed E-state index contributed by atoms with van der Waals surface area (Å²) in [5.41, 5.74) is 5.34. The second-order valence-electron chi connectivity index (χ2n) is 2.87. The summed E-state index contributed by atoms with van der Waals surface area (Å²) in [5.74, 6) is 0.845. The number of aromatic nitrogens is 3. The van der Waals surface area contributed by atoms with Crippen molar-refractivity contribution in [3.8, 4) is 0 Å². The van der Waals surface area contributed by atoms with Crippen molar-refractivity contribution in [2.75, 3.05) is 6.61 Å². The Morgan fingerprint density at radius 3 is 3.00 bits per heavy atom. The summed E-state index contributed by atoms with van der Waals surface area (Å²) in [6.07, 6.45) is 1.63. The third kappa shape index (κ3) is 2.28. The molecule has 0 fully saturated rings. The molecule has 0 bridgehead atoms. The molecule has 0 aliphatic rings. The molecule has 0 spiro atoms. The van der Waals surface area contributed by atoms with Gasteiger partial charge < -0.3 is 10.8 Å². The molecule has 1 rings (SSSR count). The minimum atomic E-state index is 0.165. The van der Waals surface area contributed by atoms with E-state index in [1.165, 1.54) is 0 Å². The molecule has 1 unspecified atom stereocenters. The average Bonchev–Trinajstić information content (AvgIpc) is 2.52. The third-order valence-corrected chi connectivity index (χ3v) is 1.58. The summed E-state index contributed by atoms with van der Waals surface area (Å²) in [4.78, 5) is 3.97. The Labute approximate surface area is 71.2 Å². The molecular weight excluding hydrogens is 156 g/mol. The summed E-state index contributed by atoms with van der Waals surface area (Å²) in [5, 5.41) is 12.9. The Balaban J connectivity index is 2.52. The lowest BCUT2D eigenvalue weighted by atomic mass is 10.2. The van der Waals surface area contributed by atoms with Crippen molar-refractivity contribution < 1.29 is 5.11 Å². The fraction of sp³-hybridized carbons (Fsp3) is 0.714. The van der Waals surface area contributed by atoms with Gasteiger partial charge in [0.1, 0.15) is 6.33 Å². The summed E-state index contributed by atoms with van der Waals surface area (Å²) in [7, 11) is 0. The minimum Gasteiger partial charge on any atom is -0.396 e. The Morgan fingerprint density at radius 1 is 1.75 bits per heavy atom. The number of nitrogens with two attached hydrogens (primary N) is 1. The monoisotopic (exact) mass is 170 g/mol. The number of hydrogen-bond acceptors (Lipinski definition) is 4. The SMILES string of the molecule is CC(CO)Cn1cnc(CN)n1. The number of rotatable bonds is 4. The van der Waals surface area contributed by atoms with Crippen LogP contribution in [-0.4, -0.2) is 26.5 Å². The lowest BCUT2D eigenvalue weighted by Gasteiger charge is -2.05. The van der Waals surface area contributed by atoms with Crippen LogP contribution in [0.3, 0.4) is 0 Å². The van der Waals surface area contributed by atoms with Crippen molar-refractivity contribution in [2.24, 2.45) is 11.7 Å². The first kappa shape index (κ1) is 9.15. The van der Waals surface area contributed by atoms with E-state index < -0.39 is 0 Å². The van der Waals surface area contributed by atoms with Gasteiger partial charge in [-0.15, -0.1) is 0 Å². The summed E-state index contributed by atoms with van der Waals surface area (Å²) in [6, 6.07) is 0. The first-order valence-electron chi connectivity index (χ1n) is 3.95. The molecule has 0 aliphatic carbocycles. The summed E-state index contributed by atoms with van der Waals surface area (Å²) < 4.78 is 1.70. The van der Waals surface area contributed by atoms with E-state index in [1.807, 2.05) is 6.92 Å². The van der Waals surface area contributed by atoms with Crippen molar-refractivity contribution in [3.05, 3.63) is 12.2 Å². The van der Waals surface area contributed by atoms with E-state index in [1.54, 1.807) is 11.0 Å². The van der Waals surface area contributed by atoms with Crippen LogP contribution in [0.2, 0.25) is 0 Å². The molecule has 1 atom stereocenters. The van der Waals surface area contributed by atoms with E-state index in [0.717, 1.165) is 0 Å². The van der Waals surface area contributed by atoms with Crippen LogP contribution in [0.1, 0.15) is 12.7 Å². The molecule has 0 aromatic carbocycles. The van der Waals surface area contributed by atoms with E-state index in [0.29, 0.717) is 18.9 Å². The van der Waals surface area contributed by atoms with Gasteiger partial charge in [-0.05, 0) is 5.92 Å². The molecule has 3 N–H and O–H groups in total. The highest BCUT2D eigenvalue weighted by atomic mass is 16.3. The minimum absolute atomic E-state index is 0.165. The molecule has 12 heavy (non-hydrogen) atoms. The standard InChI is InChI=1S/C7H14N4O/c1-6(4-12)3-11-5-9-7(2-8)10-11/h5-6,12H,2-4,8H2,1H3. The maximum absolute atomic E-state index is 8.77. The molecule has 1 aromatic rings. The summed E-state index contributed by atoms with van der Waals surface area (Å²) >= 11 is 0. The van der Waals surface area contributed by atoms with Crippen molar-refractivity contribution in [1.29, 1.82) is 0 Å². The number of nitrogens with zero attached hydrogens (tertiary/aromatic N) is 3. The van der Waals surface area contributed by atoms with Gasteiger partial charge >= 0.3 is 0 Å². The second-order valence-corrected chi connectivity index (χ2v) is 2.87. The van der Waals surface area contributed by atoms with Crippen LogP contribution in [-0.2, 0) is 13.1 Å². The lowest BCUT2D eigenvalue weighted by Crippen LogP contribution is -2.12. The van der Waals surface area contributed by atoms with Crippen molar-refractivity contribution in [3.63, 3.8) is 0 Å². The fourth-order valence-corrected chi connectivity index (χ4v) is 0.892. The van der Waals surface area contributed by atoms with Gasteiger partial charge in [0.25, 0.3) is 0 Å².